The highest BCUT2D eigenvalue weighted by atomic mass is 79.9. The number of halogens is 3. The lowest BCUT2D eigenvalue weighted by Gasteiger charge is -2.09. The maximum absolute atomic E-state index is 13.5. The van der Waals surface area contributed by atoms with Gasteiger partial charge in [-0.2, -0.15) is 4.39 Å². The van der Waals surface area contributed by atoms with Crippen molar-refractivity contribution in [2.24, 2.45) is 0 Å². The van der Waals surface area contributed by atoms with Crippen molar-refractivity contribution in [3.05, 3.63) is 61.8 Å². The van der Waals surface area contributed by atoms with E-state index in [0.717, 1.165) is 6.07 Å². The molecule has 1 N–H and O–H groups in total. The van der Waals surface area contributed by atoms with E-state index in [1.54, 1.807) is 18.2 Å². The van der Waals surface area contributed by atoms with Crippen molar-refractivity contribution in [1.29, 1.82) is 0 Å². The highest BCUT2D eigenvalue weighted by Gasteiger charge is 2.20. The number of nitrogens with zero attached hydrogens (tertiary/aromatic N) is 1. The van der Waals surface area contributed by atoms with Gasteiger partial charge in [0.15, 0.2) is 0 Å². The maximum Gasteiger partial charge on any atom is 0.327 e. The topological polar surface area (TPSA) is 55.2 Å². The molecule has 7 heteroatoms. The third kappa shape index (κ3) is 3.02. The molecule has 0 aliphatic rings. The van der Waals surface area contributed by atoms with Gasteiger partial charge < -0.3 is 5.32 Å². The summed E-state index contributed by atoms with van der Waals surface area (Å²) in [6, 6.07) is 8.79. The molecule has 0 heterocycles. The van der Waals surface area contributed by atoms with Crippen molar-refractivity contribution in [3.63, 3.8) is 0 Å². The molecule has 0 unspecified atom stereocenters. The smallest absolute Gasteiger partial charge is 0.327 e. The Morgan fingerprint density at radius 1 is 1.26 bits per heavy atom. The zero-order chi connectivity index (χ0) is 14.0. The molecule has 0 spiro atoms. The Morgan fingerprint density at radius 3 is 2.68 bits per heavy atom. The van der Waals surface area contributed by atoms with Crippen molar-refractivity contribution in [2.75, 3.05) is 5.32 Å². The van der Waals surface area contributed by atoms with Crippen molar-refractivity contribution < 1.29 is 9.31 Å². The van der Waals surface area contributed by atoms with Crippen LogP contribution in [0.3, 0.4) is 0 Å². The average molecular weight is 346 g/mol. The van der Waals surface area contributed by atoms with Gasteiger partial charge >= 0.3 is 5.69 Å². The molecule has 2 rings (SSSR count). The van der Waals surface area contributed by atoms with Crippen LogP contribution < -0.4 is 5.32 Å². The van der Waals surface area contributed by atoms with Gasteiger partial charge in [-0.3, -0.25) is 10.1 Å². The number of rotatable bonds is 3. The summed E-state index contributed by atoms with van der Waals surface area (Å²) in [6.07, 6.45) is 0. The Labute approximate surface area is 121 Å². The molecule has 4 nitrogen and oxygen atoms in total. The molecule has 2 aromatic carbocycles. The predicted octanol–water partition coefficient (Wildman–Crippen LogP) is 4.89. The van der Waals surface area contributed by atoms with Crippen LogP contribution in [0.4, 0.5) is 21.5 Å². The fourth-order valence-electron chi connectivity index (χ4n) is 1.54. The Morgan fingerprint density at radius 2 is 2.00 bits per heavy atom. The van der Waals surface area contributed by atoms with E-state index in [1.165, 1.54) is 12.1 Å². The van der Waals surface area contributed by atoms with Crippen LogP contribution in [0.2, 0.25) is 5.02 Å². The molecule has 0 bridgehead atoms. The van der Waals surface area contributed by atoms with E-state index in [9.17, 15) is 14.5 Å². The standard InChI is InChI=1S/C12H7BrClFN2O2/c13-8-5-4-7(14)6-11(8)16-10-3-1-2-9(15)12(10)17(18)19/h1-6,16H. The summed E-state index contributed by atoms with van der Waals surface area (Å²) in [6.45, 7) is 0. The quantitative estimate of drug-likeness (QED) is 0.636. The molecule has 0 saturated heterocycles. The highest BCUT2D eigenvalue weighted by molar-refractivity contribution is 9.10. The van der Waals surface area contributed by atoms with Crippen LogP contribution in [0.5, 0.6) is 0 Å². The minimum Gasteiger partial charge on any atom is -0.349 e. The second-order valence-corrected chi connectivity index (χ2v) is 4.93. The molecule has 2 aromatic rings. The van der Waals surface area contributed by atoms with Gasteiger partial charge in [0.25, 0.3) is 0 Å². The molecule has 0 aliphatic carbocycles. The Bertz CT molecular complexity index is 652. The number of nitro benzene ring substituents is 1. The molecular weight excluding hydrogens is 338 g/mol. The van der Waals surface area contributed by atoms with Gasteiger partial charge in [-0.25, -0.2) is 0 Å². The number of anilines is 2. The number of hydrogen-bond acceptors (Lipinski definition) is 3. The Hall–Kier alpha value is -1.66. The molecule has 0 amide bonds. The molecule has 19 heavy (non-hydrogen) atoms. The first-order chi connectivity index (χ1) is 8.99. The Balaban J connectivity index is 2.46. The molecule has 0 atom stereocenters. The first-order valence-corrected chi connectivity index (χ1v) is 6.31. The van der Waals surface area contributed by atoms with Gasteiger partial charge in [-0.15, -0.1) is 0 Å². The van der Waals surface area contributed by atoms with Crippen molar-refractivity contribution >= 4 is 44.6 Å². The number of para-hydroxylation sites is 1. The van der Waals surface area contributed by atoms with E-state index in [-0.39, 0.29) is 5.69 Å². The van der Waals surface area contributed by atoms with E-state index in [1.807, 2.05) is 0 Å². The van der Waals surface area contributed by atoms with Crippen LogP contribution in [0.1, 0.15) is 0 Å². The van der Waals surface area contributed by atoms with E-state index in [4.69, 9.17) is 11.6 Å². The third-order valence-corrected chi connectivity index (χ3v) is 3.29. The molecule has 0 aliphatic heterocycles. The van der Waals surface area contributed by atoms with Crippen LogP contribution in [0.25, 0.3) is 0 Å². The molecular formula is C12H7BrClFN2O2. The molecule has 0 radical (unpaired) electrons. The molecule has 0 fully saturated rings. The van der Waals surface area contributed by atoms with Crippen molar-refractivity contribution in [2.45, 2.75) is 0 Å². The van der Waals surface area contributed by atoms with Crippen LogP contribution >= 0.6 is 27.5 Å². The fourth-order valence-corrected chi connectivity index (χ4v) is 2.06. The largest absolute Gasteiger partial charge is 0.349 e. The maximum atomic E-state index is 13.5. The van der Waals surface area contributed by atoms with Crippen molar-refractivity contribution in [3.8, 4) is 0 Å². The normalized spacial score (nSPS) is 10.3. The summed E-state index contributed by atoms with van der Waals surface area (Å²) in [4.78, 5) is 10.1. The second kappa shape index (κ2) is 5.54. The van der Waals surface area contributed by atoms with Gasteiger partial charge in [0.2, 0.25) is 5.82 Å². The minimum absolute atomic E-state index is 0.0629. The zero-order valence-corrected chi connectivity index (χ0v) is 11.7. The number of hydrogen-bond donors (Lipinski definition) is 1. The van der Waals surface area contributed by atoms with E-state index >= 15 is 0 Å². The van der Waals surface area contributed by atoms with Gasteiger partial charge in [-0.1, -0.05) is 17.7 Å². The molecule has 0 aromatic heterocycles. The van der Waals surface area contributed by atoms with Crippen molar-refractivity contribution in [1.82, 2.24) is 0 Å². The predicted molar refractivity (Wildman–Crippen MR) is 75.5 cm³/mol. The lowest BCUT2D eigenvalue weighted by atomic mass is 10.2. The average Bonchev–Trinajstić information content (AvgIpc) is 2.33. The summed E-state index contributed by atoms with van der Waals surface area (Å²) in [5.74, 6) is -0.895. The summed E-state index contributed by atoms with van der Waals surface area (Å²) in [5, 5.41) is 14.1. The lowest BCUT2D eigenvalue weighted by molar-refractivity contribution is -0.386. The van der Waals surface area contributed by atoms with Gasteiger partial charge in [0, 0.05) is 9.50 Å². The van der Waals surface area contributed by atoms with E-state index in [0.29, 0.717) is 15.2 Å². The van der Waals surface area contributed by atoms with E-state index in [2.05, 4.69) is 21.2 Å². The molecule has 0 saturated carbocycles. The number of benzene rings is 2. The zero-order valence-electron chi connectivity index (χ0n) is 9.36. The highest BCUT2D eigenvalue weighted by Crippen LogP contribution is 2.34. The summed E-state index contributed by atoms with van der Waals surface area (Å²) < 4.78 is 14.1. The lowest BCUT2D eigenvalue weighted by Crippen LogP contribution is -2.00. The van der Waals surface area contributed by atoms with E-state index < -0.39 is 16.4 Å². The van der Waals surface area contributed by atoms with Gasteiger partial charge in [-0.05, 0) is 46.3 Å². The minimum atomic E-state index is -0.895. The fraction of sp³-hybridized carbons (Fsp3) is 0. The van der Waals surface area contributed by atoms with Gasteiger partial charge in [0.1, 0.15) is 5.69 Å². The molecule has 98 valence electrons. The van der Waals surface area contributed by atoms with Crippen LogP contribution in [0, 0.1) is 15.9 Å². The Kier molecular flexibility index (Phi) is 4.01. The van der Waals surface area contributed by atoms with Crippen LogP contribution in [-0.4, -0.2) is 4.92 Å². The first-order valence-electron chi connectivity index (χ1n) is 5.14. The summed E-state index contributed by atoms with van der Waals surface area (Å²) >= 11 is 9.13. The second-order valence-electron chi connectivity index (χ2n) is 3.64. The van der Waals surface area contributed by atoms with Gasteiger partial charge in [0.05, 0.1) is 10.6 Å². The van der Waals surface area contributed by atoms with Crippen LogP contribution in [-0.2, 0) is 0 Å². The third-order valence-electron chi connectivity index (χ3n) is 2.37. The number of nitro groups is 1. The summed E-state index contributed by atoms with van der Waals surface area (Å²) in [5.41, 5.74) is -0.0245. The first kappa shape index (κ1) is 13.8. The SMILES string of the molecule is O=[N+]([O-])c1c(F)cccc1Nc1cc(Cl)ccc1Br. The summed E-state index contributed by atoms with van der Waals surface area (Å²) in [7, 11) is 0. The number of nitrogens with one attached hydrogen (secondary N) is 1. The monoisotopic (exact) mass is 344 g/mol. The van der Waals surface area contributed by atoms with Crippen LogP contribution in [0.15, 0.2) is 40.9 Å².